The van der Waals surface area contributed by atoms with Gasteiger partial charge in [-0.3, -0.25) is 4.79 Å². The lowest BCUT2D eigenvalue weighted by Crippen LogP contribution is -2.60. The Balaban J connectivity index is 1.92. The number of hydrogen-bond acceptors (Lipinski definition) is 4. The first kappa shape index (κ1) is 28.2. The molecule has 0 saturated carbocycles. The second kappa shape index (κ2) is 10.5. The molecule has 0 aliphatic carbocycles. The number of rotatable bonds is 6. The number of ether oxygens (including phenoxy) is 1. The second-order valence-electron chi connectivity index (χ2n) is 11.8. The van der Waals surface area contributed by atoms with Gasteiger partial charge in [-0.15, -0.1) is 0 Å². The largest absolute Gasteiger partial charge is 0.480 e. The van der Waals surface area contributed by atoms with Gasteiger partial charge in [-0.25, -0.2) is 9.59 Å². The maximum atomic E-state index is 13.8. The lowest BCUT2D eigenvalue weighted by molar-refractivity contribution is -0.150. The maximum absolute atomic E-state index is 13.8. The van der Waals surface area contributed by atoms with Gasteiger partial charge in [0.1, 0.15) is 17.7 Å². The van der Waals surface area contributed by atoms with Gasteiger partial charge in [0.05, 0.1) is 6.54 Å². The van der Waals surface area contributed by atoms with Crippen LogP contribution in [0.3, 0.4) is 0 Å². The topological polar surface area (TPSA) is 108 Å². The summed E-state index contributed by atoms with van der Waals surface area (Å²) in [5, 5.41) is 15.7. The SMILES string of the molecule is CO[C@@]1(c2ccc(-c3ccccc3)cc2)C[C@@H](C(=O)O)N(C(=O)C(NC(=O)NC(C)(C)C)C(C)(C)C)C1. The van der Waals surface area contributed by atoms with Crippen molar-refractivity contribution in [1.29, 1.82) is 0 Å². The summed E-state index contributed by atoms with van der Waals surface area (Å²) in [5.74, 6) is -1.57. The minimum absolute atomic E-state index is 0.0547. The maximum Gasteiger partial charge on any atom is 0.326 e. The Morgan fingerprint density at radius 2 is 1.54 bits per heavy atom. The number of urea groups is 1. The highest BCUT2D eigenvalue weighted by molar-refractivity contribution is 5.91. The molecular formula is C29H39N3O5. The van der Waals surface area contributed by atoms with E-state index in [2.05, 4.69) is 10.6 Å². The monoisotopic (exact) mass is 509 g/mol. The number of nitrogens with zero attached hydrogens (tertiary/aromatic N) is 1. The zero-order chi connectivity index (χ0) is 27.6. The van der Waals surface area contributed by atoms with Crippen molar-refractivity contribution in [2.24, 2.45) is 5.41 Å². The molecule has 8 heteroatoms. The number of methoxy groups -OCH3 is 1. The van der Waals surface area contributed by atoms with Gasteiger partial charge in [-0.05, 0) is 42.9 Å². The summed E-state index contributed by atoms with van der Waals surface area (Å²) in [7, 11) is 1.54. The van der Waals surface area contributed by atoms with Gasteiger partial charge < -0.3 is 25.4 Å². The second-order valence-corrected chi connectivity index (χ2v) is 11.8. The molecule has 3 N–H and O–H groups in total. The number of hydrogen-bond donors (Lipinski definition) is 3. The number of carboxylic acids is 1. The van der Waals surface area contributed by atoms with Gasteiger partial charge in [0.25, 0.3) is 0 Å². The molecule has 1 aliphatic rings. The van der Waals surface area contributed by atoms with E-state index in [9.17, 15) is 19.5 Å². The van der Waals surface area contributed by atoms with E-state index in [1.165, 1.54) is 12.0 Å². The van der Waals surface area contributed by atoms with Crippen LogP contribution in [-0.4, -0.2) is 59.2 Å². The molecule has 2 aromatic rings. The van der Waals surface area contributed by atoms with Crippen LogP contribution in [0.5, 0.6) is 0 Å². The van der Waals surface area contributed by atoms with Crippen LogP contribution in [0, 0.1) is 5.41 Å². The van der Waals surface area contributed by atoms with Gasteiger partial charge in [0.2, 0.25) is 5.91 Å². The van der Waals surface area contributed by atoms with Gasteiger partial charge in [-0.2, -0.15) is 0 Å². The molecule has 1 heterocycles. The molecule has 1 unspecified atom stereocenters. The van der Waals surface area contributed by atoms with E-state index in [0.717, 1.165) is 16.7 Å². The summed E-state index contributed by atoms with van der Waals surface area (Å²) in [6, 6.07) is 15.2. The molecule has 0 aromatic heterocycles. The third-order valence-electron chi connectivity index (χ3n) is 6.68. The summed E-state index contributed by atoms with van der Waals surface area (Å²) in [6.07, 6.45) is 0.0975. The van der Waals surface area contributed by atoms with Crippen LogP contribution in [0.2, 0.25) is 0 Å². The Hall–Kier alpha value is -3.39. The Kier molecular flexibility index (Phi) is 8.03. The molecular weight excluding hydrogens is 470 g/mol. The predicted molar refractivity (Wildman–Crippen MR) is 143 cm³/mol. The lowest BCUT2D eigenvalue weighted by atomic mass is 9.85. The number of carboxylic acid groups (broad SMARTS) is 1. The Morgan fingerprint density at radius 3 is 2.03 bits per heavy atom. The molecule has 3 atom stereocenters. The summed E-state index contributed by atoms with van der Waals surface area (Å²) < 4.78 is 5.95. The van der Waals surface area contributed by atoms with E-state index in [0.29, 0.717) is 0 Å². The lowest BCUT2D eigenvalue weighted by Gasteiger charge is -2.36. The van der Waals surface area contributed by atoms with Crippen LogP contribution in [-0.2, 0) is 19.9 Å². The molecule has 1 aliphatic heterocycles. The predicted octanol–water partition coefficient (Wildman–Crippen LogP) is 4.39. The molecule has 0 radical (unpaired) electrons. The molecule has 1 fully saturated rings. The van der Waals surface area contributed by atoms with Gasteiger partial charge in [-0.1, -0.05) is 75.4 Å². The third kappa shape index (κ3) is 6.49. The Bertz CT molecular complexity index is 1120. The quantitative estimate of drug-likeness (QED) is 0.535. The fourth-order valence-corrected chi connectivity index (χ4v) is 4.72. The van der Waals surface area contributed by atoms with E-state index in [4.69, 9.17) is 4.74 Å². The van der Waals surface area contributed by atoms with E-state index >= 15 is 0 Å². The summed E-state index contributed by atoms with van der Waals surface area (Å²) in [6.45, 7) is 11.1. The number of aliphatic carboxylic acids is 1. The number of nitrogens with one attached hydrogen (secondary N) is 2. The number of amides is 3. The van der Waals surface area contributed by atoms with Crippen molar-refractivity contribution in [3.8, 4) is 11.1 Å². The zero-order valence-electron chi connectivity index (χ0n) is 22.8. The first-order valence-corrected chi connectivity index (χ1v) is 12.5. The number of carbonyl (C=O) groups excluding carboxylic acids is 2. The number of likely N-dealkylation sites (tertiary alicyclic amines) is 1. The van der Waals surface area contributed by atoms with Crippen LogP contribution in [0.25, 0.3) is 11.1 Å². The Morgan fingerprint density at radius 1 is 0.973 bits per heavy atom. The molecule has 0 spiro atoms. The van der Waals surface area contributed by atoms with Crippen molar-refractivity contribution >= 4 is 17.9 Å². The van der Waals surface area contributed by atoms with Crippen molar-refractivity contribution in [3.05, 3.63) is 60.2 Å². The highest BCUT2D eigenvalue weighted by Crippen LogP contribution is 2.41. The smallest absolute Gasteiger partial charge is 0.326 e. The minimum Gasteiger partial charge on any atom is -0.480 e. The molecule has 1 saturated heterocycles. The van der Waals surface area contributed by atoms with E-state index in [1.54, 1.807) is 0 Å². The van der Waals surface area contributed by atoms with Crippen LogP contribution >= 0.6 is 0 Å². The molecule has 37 heavy (non-hydrogen) atoms. The molecule has 0 bridgehead atoms. The highest BCUT2D eigenvalue weighted by Gasteiger charge is 2.52. The fourth-order valence-electron chi connectivity index (χ4n) is 4.72. The summed E-state index contributed by atoms with van der Waals surface area (Å²) >= 11 is 0. The fraction of sp³-hybridized carbons (Fsp3) is 0.483. The van der Waals surface area contributed by atoms with Gasteiger partial charge >= 0.3 is 12.0 Å². The molecule has 3 rings (SSSR count). The molecule has 3 amide bonds. The van der Waals surface area contributed by atoms with Crippen LogP contribution in [0.4, 0.5) is 4.79 Å². The number of benzene rings is 2. The minimum atomic E-state index is -1.11. The van der Waals surface area contributed by atoms with Crippen LogP contribution in [0.15, 0.2) is 54.6 Å². The molecule has 200 valence electrons. The Labute approximate surface area is 219 Å². The van der Waals surface area contributed by atoms with Crippen molar-refractivity contribution in [2.45, 2.75) is 71.2 Å². The molecule has 8 nitrogen and oxygen atoms in total. The summed E-state index contributed by atoms with van der Waals surface area (Å²) in [5.41, 5.74) is 0.735. The third-order valence-corrected chi connectivity index (χ3v) is 6.68. The van der Waals surface area contributed by atoms with Crippen LogP contribution < -0.4 is 10.6 Å². The van der Waals surface area contributed by atoms with Crippen LogP contribution in [0.1, 0.15) is 53.5 Å². The zero-order valence-corrected chi connectivity index (χ0v) is 22.8. The molecule has 2 aromatic carbocycles. The first-order valence-electron chi connectivity index (χ1n) is 12.5. The van der Waals surface area contributed by atoms with Crippen molar-refractivity contribution in [1.82, 2.24) is 15.5 Å². The van der Waals surface area contributed by atoms with E-state index in [-0.39, 0.29) is 13.0 Å². The van der Waals surface area contributed by atoms with Gasteiger partial charge in [0, 0.05) is 19.1 Å². The van der Waals surface area contributed by atoms with E-state index < -0.39 is 46.5 Å². The van der Waals surface area contributed by atoms with Crippen molar-refractivity contribution in [3.63, 3.8) is 0 Å². The summed E-state index contributed by atoms with van der Waals surface area (Å²) in [4.78, 5) is 40.2. The van der Waals surface area contributed by atoms with E-state index in [1.807, 2.05) is 96.1 Å². The number of carbonyl (C=O) groups is 3. The van der Waals surface area contributed by atoms with Crippen molar-refractivity contribution < 1.29 is 24.2 Å². The average Bonchev–Trinajstić information content (AvgIpc) is 3.23. The highest BCUT2D eigenvalue weighted by atomic mass is 16.5. The average molecular weight is 510 g/mol. The first-order chi connectivity index (χ1) is 17.2. The normalized spacial score (nSPS) is 20.8. The van der Waals surface area contributed by atoms with Crippen molar-refractivity contribution in [2.75, 3.05) is 13.7 Å². The standard InChI is InChI=1S/C29H39N3O5/c1-27(2,3)23(30-26(36)31-28(4,5)6)24(33)32-18-29(37-7,17-22(32)25(34)35)21-15-13-20(14-16-21)19-11-9-8-10-12-19/h8-16,22-23H,17-18H2,1-7H3,(H,34,35)(H2,30,31,36)/t22-,23?,29-/m0/s1. The van der Waals surface area contributed by atoms with Gasteiger partial charge in [0.15, 0.2) is 0 Å².